The third-order valence-electron chi connectivity index (χ3n) is 3.42. The number of likely N-dealkylation sites (N-methyl/N-ethyl adjacent to an activating group) is 1. The third-order valence-corrected chi connectivity index (χ3v) is 4.09. The van der Waals surface area contributed by atoms with Crippen molar-refractivity contribution in [3.05, 3.63) is 27.3 Å². The molecule has 0 aromatic heterocycles. The van der Waals surface area contributed by atoms with Crippen molar-refractivity contribution in [3.8, 4) is 5.75 Å². The van der Waals surface area contributed by atoms with Crippen LogP contribution in [0.2, 0.25) is 0 Å². The SMILES string of the molecule is CN(C)C(=O)C1CNCCN1C(=O)c1cc(I)ccc1O. The molecule has 0 bridgehead atoms. The predicted octanol–water partition coefficient (Wildman–Crippen LogP) is 0.499. The molecule has 1 aliphatic heterocycles. The van der Waals surface area contributed by atoms with Gasteiger partial charge in [-0.3, -0.25) is 9.59 Å². The van der Waals surface area contributed by atoms with Crippen LogP contribution in [0.5, 0.6) is 5.75 Å². The zero-order valence-corrected chi connectivity index (χ0v) is 14.1. The number of carbonyl (C=O) groups excluding carboxylic acids is 2. The molecule has 1 fully saturated rings. The largest absolute Gasteiger partial charge is 0.507 e. The average Bonchev–Trinajstić information content (AvgIpc) is 2.48. The Morgan fingerprint density at radius 1 is 1.43 bits per heavy atom. The van der Waals surface area contributed by atoms with Gasteiger partial charge in [-0.25, -0.2) is 0 Å². The van der Waals surface area contributed by atoms with Gasteiger partial charge >= 0.3 is 0 Å². The van der Waals surface area contributed by atoms with Gasteiger partial charge in [-0.05, 0) is 40.8 Å². The smallest absolute Gasteiger partial charge is 0.258 e. The summed E-state index contributed by atoms with van der Waals surface area (Å²) in [5, 5.41) is 13.0. The van der Waals surface area contributed by atoms with Crippen molar-refractivity contribution in [2.75, 3.05) is 33.7 Å². The highest BCUT2D eigenvalue weighted by Crippen LogP contribution is 2.23. The number of amides is 2. The molecule has 1 aromatic carbocycles. The Morgan fingerprint density at radius 3 is 2.81 bits per heavy atom. The van der Waals surface area contributed by atoms with Gasteiger partial charge in [-0.1, -0.05) is 0 Å². The molecule has 7 heteroatoms. The molecule has 2 rings (SSSR count). The number of piperazine rings is 1. The molecule has 2 N–H and O–H groups in total. The number of hydrogen-bond acceptors (Lipinski definition) is 4. The first-order valence-corrected chi connectivity index (χ1v) is 7.71. The number of hydrogen-bond donors (Lipinski definition) is 2. The first-order chi connectivity index (χ1) is 9.91. The van der Waals surface area contributed by atoms with Crippen molar-refractivity contribution in [3.63, 3.8) is 0 Å². The van der Waals surface area contributed by atoms with E-state index in [1.165, 1.54) is 15.9 Å². The first kappa shape index (κ1) is 16.0. The van der Waals surface area contributed by atoms with Crippen LogP contribution in [0.1, 0.15) is 10.4 Å². The molecule has 21 heavy (non-hydrogen) atoms. The van der Waals surface area contributed by atoms with E-state index < -0.39 is 6.04 Å². The van der Waals surface area contributed by atoms with Crippen LogP contribution in [0.15, 0.2) is 18.2 Å². The highest BCUT2D eigenvalue weighted by atomic mass is 127. The van der Waals surface area contributed by atoms with Crippen LogP contribution in [0, 0.1) is 3.57 Å². The summed E-state index contributed by atoms with van der Waals surface area (Å²) in [7, 11) is 3.34. The van der Waals surface area contributed by atoms with Crippen molar-refractivity contribution < 1.29 is 14.7 Å². The van der Waals surface area contributed by atoms with Gasteiger partial charge in [0.1, 0.15) is 11.8 Å². The molecule has 2 amide bonds. The maximum atomic E-state index is 12.7. The molecule has 1 saturated heterocycles. The molecular weight excluding hydrogens is 385 g/mol. The second-order valence-corrected chi connectivity index (χ2v) is 6.36. The second kappa shape index (κ2) is 6.61. The van der Waals surface area contributed by atoms with Gasteiger partial charge < -0.3 is 20.2 Å². The number of phenolic OH excluding ortho intramolecular Hbond substituents is 1. The predicted molar refractivity (Wildman–Crippen MR) is 87.2 cm³/mol. The van der Waals surface area contributed by atoms with Crippen molar-refractivity contribution >= 4 is 34.4 Å². The molecule has 1 aromatic rings. The number of phenols is 1. The normalized spacial score (nSPS) is 18.4. The number of nitrogens with zero attached hydrogens (tertiary/aromatic N) is 2. The average molecular weight is 403 g/mol. The standard InChI is InChI=1S/C14H18IN3O3/c1-17(2)14(21)11-8-16-5-6-18(11)13(20)10-7-9(15)3-4-12(10)19/h3-4,7,11,16,19H,5-6,8H2,1-2H3. The highest BCUT2D eigenvalue weighted by Gasteiger charge is 2.34. The Morgan fingerprint density at radius 2 is 2.14 bits per heavy atom. The number of carbonyl (C=O) groups is 2. The maximum Gasteiger partial charge on any atom is 0.258 e. The van der Waals surface area contributed by atoms with Crippen LogP contribution in [-0.4, -0.2) is 66.5 Å². The molecular formula is C14H18IN3O3. The fraction of sp³-hybridized carbons (Fsp3) is 0.429. The molecule has 1 aliphatic rings. The lowest BCUT2D eigenvalue weighted by molar-refractivity contribution is -0.134. The quantitative estimate of drug-likeness (QED) is 0.706. The van der Waals surface area contributed by atoms with E-state index in [1.54, 1.807) is 26.2 Å². The number of benzene rings is 1. The van der Waals surface area contributed by atoms with Crippen molar-refractivity contribution in [1.29, 1.82) is 0 Å². The summed E-state index contributed by atoms with van der Waals surface area (Å²) in [6.45, 7) is 1.50. The lowest BCUT2D eigenvalue weighted by atomic mass is 10.1. The molecule has 0 radical (unpaired) electrons. The Bertz CT molecular complexity index is 562. The summed E-state index contributed by atoms with van der Waals surface area (Å²) in [4.78, 5) is 27.9. The fourth-order valence-corrected chi connectivity index (χ4v) is 2.79. The summed E-state index contributed by atoms with van der Waals surface area (Å²) < 4.78 is 0.861. The number of nitrogens with one attached hydrogen (secondary N) is 1. The number of rotatable bonds is 2. The lowest BCUT2D eigenvalue weighted by Gasteiger charge is -2.36. The van der Waals surface area contributed by atoms with E-state index >= 15 is 0 Å². The lowest BCUT2D eigenvalue weighted by Crippen LogP contribution is -2.59. The van der Waals surface area contributed by atoms with Crippen molar-refractivity contribution in [2.24, 2.45) is 0 Å². The Balaban J connectivity index is 2.30. The van der Waals surface area contributed by atoms with E-state index in [4.69, 9.17) is 0 Å². The van der Waals surface area contributed by atoms with E-state index in [0.717, 1.165) is 3.57 Å². The van der Waals surface area contributed by atoms with E-state index in [1.807, 2.05) is 0 Å². The minimum atomic E-state index is -0.543. The molecule has 1 heterocycles. The van der Waals surface area contributed by atoms with Crippen molar-refractivity contribution in [2.45, 2.75) is 6.04 Å². The Hall–Kier alpha value is -1.35. The van der Waals surface area contributed by atoms with Gasteiger partial charge in [0.05, 0.1) is 5.56 Å². The molecule has 0 aliphatic carbocycles. The minimum Gasteiger partial charge on any atom is -0.507 e. The summed E-state index contributed by atoms with van der Waals surface area (Å²) in [5.74, 6) is -0.497. The molecule has 0 saturated carbocycles. The van der Waals surface area contributed by atoms with Gasteiger partial charge in [-0.2, -0.15) is 0 Å². The summed E-state index contributed by atoms with van der Waals surface area (Å²) >= 11 is 2.09. The van der Waals surface area contributed by atoms with Gasteiger partial charge in [0.25, 0.3) is 5.91 Å². The van der Waals surface area contributed by atoms with E-state index in [2.05, 4.69) is 27.9 Å². The number of halogens is 1. The highest BCUT2D eigenvalue weighted by molar-refractivity contribution is 14.1. The van der Waals surface area contributed by atoms with Gasteiger partial charge in [0, 0.05) is 37.3 Å². The second-order valence-electron chi connectivity index (χ2n) is 5.11. The Labute approximate surface area is 137 Å². The van der Waals surface area contributed by atoms with Crippen LogP contribution in [-0.2, 0) is 4.79 Å². The van der Waals surface area contributed by atoms with Crippen LogP contribution in [0.4, 0.5) is 0 Å². The zero-order valence-electron chi connectivity index (χ0n) is 12.0. The van der Waals surface area contributed by atoms with E-state index in [-0.39, 0.29) is 23.1 Å². The molecule has 114 valence electrons. The van der Waals surface area contributed by atoms with Crippen LogP contribution < -0.4 is 5.32 Å². The van der Waals surface area contributed by atoms with Crippen LogP contribution in [0.25, 0.3) is 0 Å². The van der Waals surface area contributed by atoms with Gasteiger partial charge in [0.2, 0.25) is 5.91 Å². The van der Waals surface area contributed by atoms with Crippen LogP contribution in [0.3, 0.4) is 0 Å². The van der Waals surface area contributed by atoms with Gasteiger partial charge in [0.15, 0.2) is 0 Å². The monoisotopic (exact) mass is 403 g/mol. The summed E-state index contributed by atoms with van der Waals surface area (Å²) in [6.07, 6.45) is 0. The molecule has 1 atom stereocenters. The number of aromatic hydroxyl groups is 1. The zero-order chi connectivity index (χ0) is 15.6. The maximum absolute atomic E-state index is 12.7. The van der Waals surface area contributed by atoms with Crippen LogP contribution >= 0.6 is 22.6 Å². The van der Waals surface area contributed by atoms with E-state index in [0.29, 0.717) is 19.6 Å². The Kier molecular flexibility index (Phi) is 5.04. The molecule has 0 spiro atoms. The van der Waals surface area contributed by atoms with Gasteiger partial charge in [-0.15, -0.1) is 0 Å². The first-order valence-electron chi connectivity index (χ1n) is 6.63. The fourth-order valence-electron chi connectivity index (χ4n) is 2.30. The summed E-state index contributed by atoms with van der Waals surface area (Å²) in [6, 6.07) is 4.32. The topological polar surface area (TPSA) is 72.9 Å². The molecule has 1 unspecified atom stereocenters. The summed E-state index contributed by atoms with van der Waals surface area (Å²) in [5.41, 5.74) is 0.236. The van der Waals surface area contributed by atoms with E-state index in [9.17, 15) is 14.7 Å². The minimum absolute atomic E-state index is 0.0602. The third kappa shape index (κ3) is 3.46. The van der Waals surface area contributed by atoms with Crippen molar-refractivity contribution in [1.82, 2.24) is 15.1 Å². The molecule has 6 nitrogen and oxygen atoms in total.